The standard InChI is InChI=1S/C16H23NO3/c1-12-5-7-14(8-6-12)19-10-15(18)17-9-13(2)20-11-16(17,3)4/h5-8,13H,9-11H2,1-4H3/t13-/m0/s1. The van der Waals surface area contributed by atoms with Gasteiger partial charge in [-0.05, 0) is 39.8 Å². The predicted octanol–water partition coefficient (Wildman–Crippen LogP) is 2.40. The largest absolute Gasteiger partial charge is 0.484 e. The van der Waals surface area contributed by atoms with Crippen LogP contribution in [-0.4, -0.2) is 42.2 Å². The molecule has 0 unspecified atom stereocenters. The van der Waals surface area contributed by atoms with Gasteiger partial charge in [-0.25, -0.2) is 0 Å². The number of rotatable bonds is 3. The van der Waals surface area contributed by atoms with E-state index in [4.69, 9.17) is 9.47 Å². The van der Waals surface area contributed by atoms with Crippen molar-refractivity contribution in [1.29, 1.82) is 0 Å². The Bertz CT molecular complexity index is 467. The van der Waals surface area contributed by atoms with Crippen LogP contribution in [0, 0.1) is 6.92 Å². The van der Waals surface area contributed by atoms with Crippen molar-refractivity contribution < 1.29 is 14.3 Å². The molecule has 0 saturated carbocycles. The average Bonchev–Trinajstić information content (AvgIpc) is 2.40. The Morgan fingerprint density at radius 2 is 2.05 bits per heavy atom. The maximum Gasteiger partial charge on any atom is 0.261 e. The van der Waals surface area contributed by atoms with Gasteiger partial charge >= 0.3 is 0 Å². The number of hydrogen-bond donors (Lipinski definition) is 0. The summed E-state index contributed by atoms with van der Waals surface area (Å²) >= 11 is 0. The Morgan fingerprint density at radius 1 is 1.40 bits per heavy atom. The van der Waals surface area contributed by atoms with Crippen LogP contribution in [0.5, 0.6) is 5.75 Å². The molecule has 4 heteroatoms. The lowest BCUT2D eigenvalue weighted by molar-refractivity contribution is -0.154. The van der Waals surface area contributed by atoms with Gasteiger partial charge in [-0.2, -0.15) is 0 Å². The van der Waals surface area contributed by atoms with Crippen LogP contribution in [0.2, 0.25) is 0 Å². The van der Waals surface area contributed by atoms with Crippen molar-refractivity contribution in [2.75, 3.05) is 19.8 Å². The van der Waals surface area contributed by atoms with E-state index in [0.29, 0.717) is 13.2 Å². The monoisotopic (exact) mass is 277 g/mol. The lowest BCUT2D eigenvalue weighted by Crippen LogP contribution is -2.58. The van der Waals surface area contributed by atoms with Gasteiger partial charge in [0, 0.05) is 6.54 Å². The molecule has 0 aromatic heterocycles. The minimum absolute atomic E-state index is 0.00530. The van der Waals surface area contributed by atoms with Crippen molar-refractivity contribution in [3.63, 3.8) is 0 Å². The second kappa shape index (κ2) is 5.83. The van der Waals surface area contributed by atoms with E-state index in [0.717, 1.165) is 5.75 Å². The number of amides is 1. The Balaban J connectivity index is 1.95. The first kappa shape index (κ1) is 14.9. The van der Waals surface area contributed by atoms with Gasteiger partial charge in [0.05, 0.1) is 18.2 Å². The summed E-state index contributed by atoms with van der Waals surface area (Å²) in [6.45, 7) is 9.28. The van der Waals surface area contributed by atoms with Crippen molar-refractivity contribution in [3.05, 3.63) is 29.8 Å². The summed E-state index contributed by atoms with van der Waals surface area (Å²) in [5.41, 5.74) is 0.895. The third-order valence-corrected chi connectivity index (χ3v) is 3.58. The second-order valence-corrected chi connectivity index (χ2v) is 6.04. The zero-order valence-electron chi connectivity index (χ0n) is 12.7. The average molecular weight is 277 g/mol. The molecule has 1 aliphatic heterocycles. The van der Waals surface area contributed by atoms with E-state index >= 15 is 0 Å². The Kier molecular flexibility index (Phi) is 4.33. The smallest absolute Gasteiger partial charge is 0.261 e. The molecule has 0 radical (unpaired) electrons. The molecule has 20 heavy (non-hydrogen) atoms. The van der Waals surface area contributed by atoms with Gasteiger partial charge in [0.15, 0.2) is 6.61 Å². The molecule has 1 heterocycles. The molecule has 1 aliphatic rings. The topological polar surface area (TPSA) is 38.8 Å². The van der Waals surface area contributed by atoms with Crippen molar-refractivity contribution in [2.24, 2.45) is 0 Å². The Labute approximate surface area is 120 Å². The summed E-state index contributed by atoms with van der Waals surface area (Å²) in [6, 6.07) is 7.71. The molecule has 4 nitrogen and oxygen atoms in total. The molecule has 1 amide bonds. The minimum atomic E-state index is -0.278. The van der Waals surface area contributed by atoms with Crippen LogP contribution in [0.3, 0.4) is 0 Å². The number of nitrogens with zero attached hydrogens (tertiary/aromatic N) is 1. The van der Waals surface area contributed by atoms with Gasteiger partial charge in [0.2, 0.25) is 0 Å². The Hall–Kier alpha value is -1.55. The molecule has 2 rings (SSSR count). The predicted molar refractivity (Wildman–Crippen MR) is 77.9 cm³/mol. The molecule has 1 atom stereocenters. The fraction of sp³-hybridized carbons (Fsp3) is 0.562. The number of morpholine rings is 1. The second-order valence-electron chi connectivity index (χ2n) is 6.04. The summed E-state index contributed by atoms with van der Waals surface area (Å²) in [4.78, 5) is 14.2. The van der Waals surface area contributed by atoms with Crippen LogP contribution in [0.25, 0.3) is 0 Å². The van der Waals surface area contributed by atoms with Crippen LogP contribution < -0.4 is 4.74 Å². The lowest BCUT2D eigenvalue weighted by Gasteiger charge is -2.44. The van der Waals surface area contributed by atoms with Crippen molar-refractivity contribution in [3.8, 4) is 5.75 Å². The fourth-order valence-electron chi connectivity index (χ4n) is 2.28. The van der Waals surface area contributed by atoms with Crippen molar-refractivity contribution >= 4 is 5.91 Å². The number of carbonyl (C=O) groups is 1. The first-order valence-corrected chi connectivity index (χ1v) is 7.00. The molecule has 110 valence electrons. The summed E-state index contributed by atoms with van der Waals surface area (Å²) in [5, 5.41) is 0. The van der Waals surface area contributed by atoms with Gasteiger partial charge in [0.1, 0.15) is 5.75 Å². The maximum absolute atomic E-state index is 12.3. The quantitative estimate of drug-likeness (QED) is 0.851. The highest BCUT2D eigenvalue weighted by molar-refractivity contribution is 5.78. The number of aryl methyl sites for hydroxylation is 1. The van der Waals surface area contributed by atoms with Crippen LogP contribution >= 0.6 is 0 Å². The van der Waals surface area contributed by atoms with Gasteiger partial charge in [-0.3, -0.25) is 4.79 Å². The molecule has 1 saturated heterocycles. The van der Waals surface area contributed by atoms with E-state index in [9.17, 15) is 4.79 Å². The van der Waals surface area contributed by atoms with E-state index in [1.807, 2.05) is 56.9 Å². The highest BCUT2D eigenvalue weighted by Crippen LogP contribution is 2.22. The van der Waals surface area contributed by atoms with Crippen LogP contribution in [0.15, 0.2) is 24.3 Å². The molecule has 0 spiro atoms. The van der Waals surface area contributed by atoms with E-state index in [-0.39, 0.29) is 24.2 Å². The molecule has 1 fully saturated rings. The van der Waals surface area contributed by atoms with Crippen molar-refractivity contribution in [2.45, 2.75) is 39.3 Å². The van der Waals surface area contributed by atoms with E-state index in [1.165, 1.54) is 5.56 Å². The number of carbonyl (C=O) groups excluding carboxylic acids is 1. The summed E-state index contributed by atoms with van der Waals surface area (Å²) < 4.78 is 11.2. The number of ether oxygens (including phenoxy) is 2. The minimum Gasteiger partial charge on any atom is -0.484 e. The zero-order valence-corrected chi connectivity index (χ0v) is 12.7. The molecule has 1 aromatic rings. The molecular formula is C16H23NO3. The first-order valence-electron chi connectivity index (χ1n) is 7.00. The zero-order chi connectivity index (χ0) is 14.8. The van der Waals surface area contributed by atoms with Crippen LogP contribution in [0.1, 0.15) is 26.3 Å². The SMILES string of the molecule is Cc1ccc(OCC(=O)N2C[C@H](C)OCC2(C)C)cc1. The maximum atomic E-state index is 12.3. The summed E-state index contributed by atoms with van der Waals surface area (Å²) in [5.74, 6) is 0.730. The molecule has 0 aliphatic carbocycles. The third-order valence-electron chi connectivity index (χ3n) is 3.58. The van der Waals surface area contributed by atoms with Gasteiger partial charge in [-0.1, -0.05) is 17.7 Å². The van der Waals surface area contributed by atoms with E-state index in [2.05, 4.69) is 0 Å². The molecule has 0 N–H and O–H groups in total. The van der Waals surface area contributed by atoms with Gasteiger partial charge in [-0.15, -0.1) is 0 Å². The highest BCUT2D eigenvalue weighted by Gasteiger charge is 2.36. The summed E-state index contributed by atoms with van der Waals surface area (Å²) in [7, 11) is 0. The summed E-state index contributed by atoms with van der Waals surface area (Å²) in [6.07, 6.45) is 0.0753. The van der Waals surface area contributed by atoms with Gasteiger partial charge < -0.3 is 14.4 Å². The highest BCUT2D eigenvalue weighted by atomic mass is 16.5. The third kappa shape index (κ3) is 3.51. The van der Waals surface area contributed by atoms with Gasteiger partial charge in [0.25, 0.3) is 5.91 Å². The Morgan fingerprint density at radius 3 is 2.70 bits per heavy atom. The molecule has 1 aromatic carbocycles. The molecule has 0 bridgehead atoms. The molecular weight excluding hydrogens is 254 g/mol. The van der Waals surface area contributed by atoms with Crippen LogP contribution in [0.4, 0.5) is 0 Å². The van der Waals surface area contributed by atoms with E-state index in [1.54, 1.807) is 0 Å². The lowest BCUT2D eigenvalue weighted by atomic mass is 10.0. The van der Waals surface area contributed by atoms with Crippen LogP contribution in [-0.2, 0) is 9.53 Å². The normalized spacial score (nSPS) is 21.6. The number of hydrogen-bond acceptors (Lipinski definition) is 3. The fourth-order valence-corrected chi connectivity index (χ4v) is 2.28. The van der Waals surface area contributed by atoms with Crippen molar-refractivity contribution in [1.82, 2.24) is 4.90 Å². The van der Waals surface area contributed by atoms with E-state index < -0.39 is 0 Å². The first-order chi connectivity index (χ1) is 9.38. The number of benzene rings is 1.